The minimum atomic E-state index is -0.600. The second-order valence-corrected chi connectivity index (χ2v) is 5.22. The van der Waals surface area contributed by atoms with Crippen LogP contribution in [-0.4, -0.2) is 31.6 Å². The molecule has 1 aromatic carbocycles. The number of ether oxygens (including phenoxy) is 3. The third-order valence-electron chi connectivity index (χ3n) is 2.26. The number of nitrogens with zero attached hydrogens (tertiary/aromatic N) is 1. The second kappa shape index (κ2) is 7.52. The third kappa shape index (κ3) is 6.16. The van der Waals surface area contributed by atoms with Crippen LogP contribution in [0.1, 0.15) is 33.3 Å². The van der Waals surface area contributed by atoms with Gasteiger partial charge >= 0.3 is 6.09 Å². The lowest BCUT2D eigenvalue weighted by atomic mass is 10.2. The van der Waals surface area contributed by atoms with Crippen LogP contribution in [-0.2, 0) is 4.74 Å². The van der Waals surface area contributed by atoms with Crippen molar-refractivity contribution >= 4 is 12.3 Å². The average molecular weight is 294 g/mol. The van der Waals surface area contributed by atoms with Crippen LogP contribution in [0.2, 0.25) is 0 Å². The number of hydrazone groups is 1. The van der Waals surface area contributed by atoms with Gasteiger partial charge in [-0.25, -0.2) is 10.2 Å². The number of carbonyl (C=O) groups is 1. The van der Waals surface area contributed by atoms with Crippen LogP contribution in [0.15, 0.2) is 23.3 Å². The van der Waals surface area contributed by atoms with Gasteiger partial charge < -0.3 is 14.2 Å². The van der Waals surface area contributed by atoms with Crippen molar-refractivity contribution in [1.82, 2.24) is 5.43 Å². The van der Waals surface area contributed by atoms with E-state index in [0.29, 0.717) is 18.1 Å². The Morgan fingerprint density at radius 2 is 2.05 bits per heavy atom. The zero-order valence-corrected chi connectivity index (χ0v) is 13.1. The summed E-state index contributed by atoms with van der Waals surface area (Å²) in [7, 11) is 1.58. The highest BCUT2D eigenvalue weighted by Crippen LogP contribution is 2.27. The second-order valence-electron chi connectivity index (χ2n) is 5.22. The average Bonchev–Trinajstić information content (AvgIpc) is 2.37. The minimum Gasteiger partial charge on any atom is -0.493 e. The minimum absolute atomic E-state index is 0.535. The lowest BCUT2D eigenvalue weighted by molar-refractivity contribution is 0.0529. The third-order valence-corrected chi connectivity index (χ3v) is 2.26. The predicted molar refractivity (Wildman–Crippen MR) is 81.1 cm³/mol. The van der Waals surface area contributed by atoms with Gasteiger partial charge in [0.25, 0.3) is 0 Å². The number of methoxy groups -OCH3 is 1. The van der Waals surface area contributed by atoms with Crippen LogP contribution in [0, 0.1) is 0 Å². The number of benzene rings is 1. The molecule has 0 aromatic heterocycles. The highest BCUT2D eigenvalue weighted by atomic mass is 16.6. The summed E-state index contributed by atoms with van der Waals surface area (Å²) in [5, 5.41) is 3.84. The van der Waals surface area contributed by atoms with Crippen molar-refractivity contribution in [2.45, 2.75) is 33.3 Å². The van der Waals surface area contributed by atoms with Crippen molar-refractivity contribution in [3.8, 4) is 11.5 Å². The molecule has 21 heavy (non-hydrogen) atoms. The van der Waals surface area contributed by atoms with Crippen molar-refractivity contribution < 1.29 is 19.0 Å². The summed E-state index contributed by atoms with van der Waals surface area (Å²) >= 11 is 0. The molecule has 6 nitrogen and oxygen atoms in total. The van der Waals surface area contributed by atoms with Gasteiger partial charge in [-0.3, -0.25) is 0 Å². The van der Waals surface area contributed by atoms with Crippen molar-refractivity contribution in [1.29, 1.82) is 0 Å². The molecule has 0 aliphatic heterocycles. The van der Waals surface area contributed by atoms with Gasteiger partial charge in [-0.2, -0.15) is 5.10 Å². The van der Waals surface area contributed by atoms with Crippen LogP contribution in [0.25, 0.3) is 0 Å². The molecular formula is C15H22N2O4. The molecule has 0 heterocycles. The molecular weight excluding hydrogens is 272 g/mol. The first-order valence-electron chi connectivity index (χ1n) is 6.68. The molecule has 1 rings (SSSR count). The predicted octanol–water partition coefficient (Wildman–Crippen LogP) is 2.95. The summed E-state index contributed by atoms with van der Waals surface area (Å²) in [4.78, 5) is 11.4. The fourth-order valence-electron chi connectivity index (χ4n) is 1.50. The van der Waals surface area contributed by atoms with E-state index < -0.39 is 11.7 Å². The van der Waals surface area contributed by atoms with E-state index in [4.69, 9.17) is 14.2 Å². The molecule has 0 aliphatic carbocycles. The van der Waals surface area contributed by atoms with Gasteiger partial charge in [0.2, 0.25) is 0 Å². The molecule has 116 valence electrons. The van der Waals surface area contributed by atoms with E-state index in [9.17, 15) is 4.79 Å². The number of nitrogens with one attached hydrogen (secondary N) is 1. The summed E-state index contributed by atoms with van der Waals surface area (Å²) in [6, 6.07) is 5.37. The highest BCUT2D eigenvalue weighted by Gasteiger charge is 2.15. The van der Waals surface area contributed by atoms with Crippen LogP contribution in [0.4, 0.5) is 4.79 Å². The van der Waals surface area contributed by atoms with Gasteiger partial charge in [-0.15, -0.1) is 0 Å². The molecule has 0 radical (unpaired) electrons. The molecule has 6 heteroatoms. The number of carbonyl (C=O) groups excluding carboxylic acids is 1. The van der Waals surface area contributed by atoms with E-state index in [1.807, 2.05) is 13.0 Å². The van der Waals surface area contributed by atoms with E-state index >= 15 is 0 Å². The molecule has 0 saturated carbocycles. The number of hydrogen-bond donors (Lipinski definition) is 1. The van der Waals surface area contributed by atoms with Gasteiger partial charge in [0.05, 0.1) is 19.9 Å². The topological polar surface area (TPSA) is 69.2 Å². The van der Waals surface area contributed by atoms with Crippen molar-refractivity contribution in [3.05, 3.63) is 23.8 Å². The number of hydrogen-bond acceptors (Lipinski definition) is 5. The van der Waals surface area contributed by atoms with Crippen LogP contribution < -0.4 is 14.9 Å². The Bertz CT molecular complexity index is 507. The Kier molecular flexibility index (Phi) is 6.02. The van der Waals surface area contributed by atoms with Gasteiger partial charge in [0.15, 0.2) is 11.5 Å². The molecule has 0 spiro atoms. The lowest BCUT2D eigenvalue weighted by Gasteiger charge is -2.18. The van der Waals surface area contributed by atoms with Crippen molar-refractivity contribution in [2.75, 3.05) is 13.7 Å². The van der Waals surface area contributed by atoms with Crippen LogP contribution in [0.5, 0.6) is 11.5 Å². The zero-order chi connectivity index (χ0) is 15.9. The number of rotatable bonds is 5. The molecule has 0 aliphatic rings. The first kappa shape index (κ1) is 16.8. The normalized spacial score (nSPS) is 11.3. The first-order valence-corrected chi connectivity index (χ1v) is 6.68. The SMILES string of the molecule is CCOc1cc(/C=N/NC(=O)OC(C)(C)C)ccc1OC. The molecule has 0 bridgehead atoms. The fourth-order valence-corrected chi connectivity index (χ4v) is 1.50. The van der Waals surface area contributed by atoms with Crippen molar-refractivity contribution in [3.63, 3.8) is 0 Å². The number of amides is 1. The molecule has 0 saturated heterocycles. The Hall–Kier alpha value is -2.24. The van der Waals surface area contributed by atoms with Gasteiger partial charge in [-0.1, -0.05) is 0 Å². The van der Waals surface area contributed by atoms with Crippen LogP contribution >= 0.6 is 0 Å². The largest absolute Gasteiger partial charge is 0.493 e. The van der Waals surface area contributed by atoms with E-state index in [2.05, 4.69) is 10.5 Å². The standard InChI is InChI=1S/C15H22N2O4/c1-6-20-13-9-11(7-8-12(13)19-5)10-16-17-14(18)21-15(2,3)4/h7-10H,6H2,1-5H3,(H,17,18)/b16-10+. The van der Waals surface area contributed by atoms with Gasteiger partial charge in [-0.05, 0) is 51.5 Å². The summed E-state index contributed by atoms with van der Waals surface area (Å²) < 4.78 is 15.7. The van der Waals surface area contributed by atoms with Gasteiger partial charge in [0.1, 0.15) is 5.60 Å². The summed E-state index contributed by atoms with van der Waals surface area (Å²) in [5.74, 6) is 1.27. The summed E-state index contributed by atoms with van der Waals surface area (Å²) in [6.07, 6.45) is 0.906. The summed E-state index contributed by atoms with van der Waals surface area (Å²) in [5.41, 5.74) is 2.52. The lowest BCUT2D eigenvalue weighted by Crippen LogP contribution is -2.29. The molecule has 1 aromatic rings. The fraction of sp³-hybridized carbons (Fsp3) is 0.467. The first-order chi connectivity index (χ1) is 9.85. The monoisotopic (exact) mass is 294 g/mol. The zero-order valence-electron chi connectivity index (χ0n) is 13.1. The smallest absolute Gasteiger partial charge is 0.428 e. The van der Waals surface area contributed by atoms with Gasteiger partial charge in [0, 0.05) is 0 Å². The molecule has 0 fully saturated rings. The molecule has 0 unspecified atom stereocenters. The Balaban J connectivity index is 2.68. The van der Waals surface area contributed by atoms with Crippen LogP contribution in [0.3, 0.4) is 0 Å². The summed E-state index contributed by atoms with van der Waals surface area (Å²) in [6.45, 7) is 7.79. The quantitative estimate of drug-likeness (QED) is 0.669. The maximum atomic E-state index is 11.4. The maximum absolute atomic E-state index is 11.4. The van der Waals surface area contributed by atoms with E-state index in [0.717, 1.165) is 5.56 Å². The Morgan fingerprint density at radius 1 is 1.33 bits per heavy atom. The Morgan fingerprint density at radius 3 is 2.62 bits per heavy atom. The Labute approximate surface area is 125 Å². The molecule has 1 amide bonds. The van der Waals surface area contributed by atoms with E-state index in [-0.39, 0.29) is 0 Å². The van der Waals surface area contributed by atoms with E-state index in [1.54, 1.807) is 40.0 Å². The maximum Gasteiger partial charge on any atom is 0.428 e. The van der Waals surface area contributed by atoms with E-state index in [1.165, 1.54) is 6.21 Å². The van der Waals surface area contributed by atoms with Crippen molar-refractivity contribution in [2.24, 2.45) is 5.10 Å². The highest BCUT2D eigenvalue weighted by molar-refractivity contribution is 5.82. The molecule has 1 N–H and O–H groups in total. The molecule has 0 atom stereocenters.